The van der Waals surface area contributed by atoms with Gasteiger partial charge in [-0.15, -0.1) is 12.4 Å². The fraction of sp³-hybridized carbons (Fsp3) is 0.656. The van der Waals surface area contributed by atoms with E-state index in [1.54, 1.807) is 13.1 Å². The first kappa shape index (κ1) is 58.3. The lowest BCUT2D eigenvalue weighted by molar-refractivity contribution is -0.143. The lowest BCUT2D eigenvalue weighted by atomic mass is 9.55. The number of aromatic hydroxyl groups is 1. The number of Topliss-reactive ketones (excluding diaryl/α,β-unsaturated/α-hetero) is 1. The molecule has 9 unspecified atom stereocenters. The zero-order valence-corrected chi connectivity index (χ0v) is 47.4. The number of phenolic OH excluding ortho intramolecular Hbond substituents is 1. The maximum absolute atomic E-state index is 12.4. The summed E-state index contributed by atoms with van der Waals surface area (Å²) in [7, 11) is 1.67. The first-order valence-corrected chi connectivity index (χ1v) is 29.4. The van der Waals surface area contributed by atoms with Crippen LogP contribution >= 0.6 is 12.4 Å². The smallest absolute Gasteiger partial charge is 0.328 e. The number of hydrogen-bond donors (Lipinski definition) is 7. The molecule has 0 aromatic heterocycles. The number of aliphatic carboxylic acids is 1. The number of nitrogens with two attached hydrogens (primary N) is 1. The maximum atomic E-state index is 12.4. The largest absolute Gasteiger partial charge is 0.508 e. The summed E-state index contributed by atoms with van der Waals surface area (Å²) < 4.78 is 10.9. The van der Waals surface area contributed by atoms with Crippen molar-refractivity contribution in [2.24, 2.45) is 57.5 Å². The van der Waals surface area contributed by atoms with Gasteiger partial charge in [0.1, 0.15) is 35.1 Å². The van der Waals surface area contributed by atoms with Gasteiger partial charge in [-0.1, -0.05) is 39.0 Å². The van der Waals surface area contributed by atoms with Gasteiger partial charge in [-0.2, -0.15) is 0 Å². The number of aliphatic hydroxyl groups excluding tert-OH is 3. The second kappa shape index (κ2) is 23.2. The molecule has 17 atom stereocenters. The molecule has 0 saturated heterocycles. The van der Waals surface area contributed by atoms with Crippen LogP contribution in [0.15, 0.2) is 54.6 Å². The molecule has 12 rings (SSSR count). The second-order valence-corrected chi connectivity index (χ2v) is 26.1. The summed E-state index contributed by atoms with van der Waals surface area (Å²) in [6, 6.07) is 16.0. The third kappa shape index (κ3) is 11.0. The van der Waals surface area contributed by atoms with E-state index in [9.17, 15) is 39.6 Å². The zero-order valence-electron chi connectivity index (χ0n) is 46.6. The highest BCUT2D eigenvalue weighted by Gasteiger charge is 2.57. The molecule has 78 heavy (non-hydrogen) atoms. The van der Waals surface area contributed by atoms with Crippen molar-refractivity contribution in [3.8, 4) is 17.2 Å². The number of fused-ring (bicyclic) bond motifs is 15. The third-order valence-corrected chi connectivity index (χ3v) is 22.2. The molecule has 0 heterocycles. The molecule has 9 aliphatic carbocycles. The fourth-order valence-corrected chi connectivity index (χ4v) is 18.0. The average molecular weight is 1100 g/mol. The van der Waals surface area contributed by atoms with Gasteiger partial charge >= 0.3 is 17.9 Å². The van der Waals surface area contributed by atoms with E-state index in [4.69, 9.17) is 20.3 Å². The molecule has 3 aromatic rings. The van der Waals surface area contributed by atoms with Crippen molar-refractivity contribution < 1.29 is 54.2 Å². The van der Waals surface area contributed by atoms with Crippen LogP contribution in [-0.2, 0) is 38.4 Å². The number of esters is 2. The van der Waals surface area contributed by atoms with Crippen molar-refractivity contribution in [1.82, 2.24) is 5.32 Å². The molecule has 426 valence electrons. The molecule has 8 N–H and O–H groups in total. The van der Waals surface area contributed by atoms with Crippen LogP contribution in [0.25, 0.3) is 0 Å². The number of ketones is 1. The number of rotatable bonds is 9. The first-order valence-electron chi connectivity index (χ1n) is 29.4. The highest BCUT2D eigenvalue weighted by atomic mass is 35.5. The first-order chi connectivity index (χ1) is 36.7. The van der Waals surface area contributed by atoms with E-state index < -0.39 is 36.4 Å². The monoisotopic (exact) mass is 1090 g/mol. The van der Waals surface area contributed by atoms with Crippen molar-refractivity contribution >= 4 is 36.1 Å². The molecule has 6 saturated carbocycles. The van der Waals surface area contributed by atoms with E-state index >= 15 is 0 Å². The molecule has 0 spiro atoms. The molecular formula is C64H87ClN2O11. The average Bonchev–Trinajstić information content (AvgIpc) is 4.19. The number of ether oxygens (including phenoxy) is 2. The Morgan fingerprint density at radius 3 is 1.35 bits per heavy atom. The molecule has 9 aliphatic rings. The van der Waals surface area contributed by atoms with Gasteiger partial charge in [-0.25, -0.2) is 9.59 Å². The topological polar surface area (TPSA) is 226 Å². The van der Waals surface area contributed by atoms with Crippen LogP contribution in [0.2, 0.25) is 0 Å². The summed E-state index contributed by atoms with van der Waals surface area (Å²) in [6.07, 6.45) is 18.8. The molecule has 6 fully saturated rings. The summed E-state index contributed by atoms with van der Waals surface area (Å²) in [5, 5.41) is 52.7. The van der Waals surface area contributed by atoms with Crippen LogP contribution in [0.5, 0.6) is 17.2 Å². The van der Waals surface area contributed by atoms with E-state index in [1.165, 1.54) is 59.6 Å². The fourth-order valence-electron chi connectivity index (χ4n) is 18.0. The molecule has 0 amide bonds. The molecule has 13 nitrogen and oxygen atoms in total. The van der Waals surface area contributed by atoms with Crippen molar-refractivity contribution in [3.63, 3.8) is 0 Å². The Morgan fingerprint density at radius 1 is 0.577 bits per heavy atom. The van der Waals surface area contributed by atoms with Gasteiger partial charge in [0, 0.05) is 6.42 Å². The van der Waals surface area contributed by atoms with Crippen LogP contribution in [0.4, 0.5) is 0 Å². The zero-order chi connectivity index (χ0) is 54.7. The number of carboxylic acids is 1. The third-order valence-electron chi connectivity index (χ3n) is 22.2. The Bertz CT molecular complexity index is 2720. The summed E-state index contributed by atoms with van der Waals surface area (Å²) >= 11 is 0. The van der Waals surface area contributed by atoms with Crippen molar-refractivity contribution in [3.05, 3.63) is 88.0 Å². The summed E-state index contributed by atoms with van der Waals surface area (Å²) in [5.74, 6) is 4.70. The van der Waals surface area contributed by atoms with Crippen LogP contribution in [0.3, 0.4) is 0 Å². The number of carboxylic acid groups (broad SMARTS) is 1. The predicted molar refractivity (Wildman–Crippen MR) is 300 cm³/mol. The Morgan fingerprint density at radius 2 is 0.962 bits per heavy atom. The number of aryl methyl sites for hydroxylation is 3. The number of benzene rings is 3. The van der Waals surface area contributed by atoms with Gasteiger partial charge in [-0.05, 0) is 269 Å². The normalized spacial score (nSPS) is 36.0. The van der Waals surface area contributed by atoms with Crippen molar-refractivity contribution in [2.75, 3.05) is 7.05 Å². The van der Waals surface area contributed by atoms with Gasteiger partial charge in [-0.3, -0.25) is 9.59 Å². The van der Waals surface area contributed by atoms with Crippen LogP contribution < -0.4 is 20.5 Å². The summed E-state index contributed by atoms with van der Waals surface area (Å²) in [4.78, 5) is 46.5. The number of nitrogens with one attached hydrogen (secondary N) is 1. The van der Waals surface area contributed by atoms with Crippen LogP contribution in [-0.4, -0.2) is 86.7 Å². The quantitative estimate of drug-likeness (QED) is 0.0783. The number of carbonyl (C=O) groups is 4. The SMILES string of the molecule is CN[C@H](CC(C)=O)C(=O)Oc1ccc2c(c1)CCC1C2CC[C@@]2(C)C1CC[C@@H]2O.C[C@]12CCC3c4ccc(O)cc4CCC3C1CC[C@@H]2O.C[C@]12CCC3c4ccc(OC(=O)[C@H](N)CC(=O)O)cc4CCC3C1CC[C@@H]2O.Cl. The number of likely N-dealkylation sites (N-methyl/N-ethyl adjacent to an activating group) is 1. The molecule has 0 aliphatic heterocycles. The van der Waals surface area contributed by atoms with Crippen molar-refractivity contribution in [1.29, 1.82) is 0 Å². The minimum absolute atomic E-state index is 0. The van der Waals surface area contributed by atoms with Gasteiger partial charge in [0.15, 0.2) is 0 Å². The van der Waals surface area contributed by atoms with Gasteiger partial charge in [0.2, 0.25) is 0 Å². The predicted octanol–water partition coefficient (Wildman–Crippen LogP) is 10.0. The molecular weight excluding hydrogens is 1010 g/mol. The molecule has 0 radical (unpaired) electrons. The maximum Gasteiger partial charge on any atom is 0.328 e. The summed E-state index contributed by atoms with van der Waals surface area (Å²) in [6.45, 7) is 8.36. The van der Waals surface area contributed by atoms with Gasteiger partial charge in [0.25, 0.3) is 0 Å². The molecule has 0 bridgehead atoms. The van der Waals surface area contributed by atoms with Gasteiger partial charge < -0.3 is 46.1 Å². The number of phenols is 1. The number of halogens is 1. The Kier molecular flexibility index (Phi) is 17.4. The van der Waals surface area contributed by atoms with E-state index in [-0.39, 0.29) is 59.2 Å². The van der Waals surface area contributed by atoms with E-state index in [0.29, 0.717) is 64.6 Å². The highest BCUT2D eigenvalue weighted by Crippen LogP contribution is 2.64. The Hall–Kier alpha value is -4.37. The lowest BCUT2D eigenvalue weighted by Crippen LogP contribution is -2.43. The Labute approximate surface area is 467 Å². The van der Waals surface area contributed by atoms with Crippen molar-refractivity contribution in [2.45, 2.75) is 204 Å². The highest BCUT2D eigenvalue weighted by molar-refractivity contribution is 5.86. The van der Waals surface area contributed by atoms with Crippen LogP contribution in [0, 0.1) is 51.8 Å². The van der Waals surface area contributed by atoms with Crippen LogP contribution in [0.1, 0.15) is 188 Å². The van der Waals surface area contributed by atoms with E-state index in [0.717, 1.165) is 102 Å². The minimum Gasteiger partial charge on any atom is -0.508 e. The number of hydrogen-bond acceptors (Lipinski definition) is 12. The van der Waals surface area contributed by atoms with E-state index in [1.807, 2.05) is 30.3 Å². The van der Waals surface area contributed by atoms with Gasteiger partial charge in [0.05, 0.1) is 24.7 Å². The minimum atomic E-state index is -1.16. The molecule has 14 heteroatoms. The van der Waals surface area contributed by atoms with E-state index in [2.05, 4.69) is 44.3 Å². The summed E-state index contributed by atoms with van der Waals surface area (Å²) in [5.41, 5.74) is 14.0. The number of aliphatic hydroxyl groups is 3. The standard InChI is InChI=1S/C24H33NO4.C22H29NO5.C18H24O2.ClH/c1-14(26)12-21(25-3)23(28)29-16-5-7-17-15(13-16)4-6-19-18(17)10-11-24(2)20(19)8-9-22(24)27;1-22-9-8-15-14-5-3-13(28-21(27)18(23)11-20(25)26)10-12(14)2-4-16(15)17(22)6-7-19(22)24;1-18-9-8-14-13-5-3-12(19)10-11(13)2-4-15(14)16(18)6-7-17(18)20;/h5,7,13,18-22,25,27H,4,6,8-12H2,1-3H3;3,5,10,15-19,24H,2,4,6-9,11,23H2,1H3,(H,25,26);3,5,10,14-17,19-20H,2,4,6-9H2,1H3;1H/t18?,19?,20?,21-,22+,24+;15?,16?,17?,18-,19+,22+;14?,15?,16?,17-,18-;/m110./s1. The molecule has 3 aromatic carbocycles. The second-order valence-electron chi connectivity index (χ2n) is 26.1. The number of carbonyl (C=O) groups excluding carboxylic acids is 3. The lowest BCUT2D eigenvalue weighted by Gasteiger charge is -2.50. The Balaban J connectivity index is 0.000000144.